The van der Waals surface area contributed by atoms with E-state index in [1.807, 2.05) is 30.3 Å². The lowest BCUT2D eigenvalue weighted by atomic mass is 10.3. The first kappa shape index (κ1) is 10.0. The Bertz CT molecular complexity index is 196. The van der Waals surface area contributed by atoms with Gasteiger partial charge >= 0.3 is 0 Å². The summed E-state index contributed by atoms with van der Waals surface area (Å²) in [6.07, 6.45) is 1.73. The molecular weight excluding hydrogens is 160 g/mol. The molecule has 0 atom stereocenters. The van der Waals surface area contributed by atoms with Crippen LogP contribution in [0.4, 0.5) is 0 Å². The van der Waals surface area contributed by atoms with Crippen LogP contribution < -0.4 is 4.74 Å². The van der Waals surface area contributed by atoms with E-state index < -0.39 is 0 Å². The smallest absolute Gasteiger partial charge is 0.119 e. The minimum Gasteiger partial charge on any atom is -0.490 e. The molecule has 0 bridgehead atoms. The maximum Gasteiger partial charge on any atom is 0.119 e. The minimum atomic E-state index is 0. The van der Waals surface area contributed by atoms with E-state index in [0.29, 0.717) is 6.61 Å². The van der Waals surface area contributed by atoms with Crippen LogP contribution in [0.15, 0.2) is 43.0 Å². The second-order valence-electron chi connectivity index (χ2n) is 1.91. The Labute approximate surface area is 73.1 Å². The van der Waals surface area contributed by atoms with E-state index in [2.05, 4.69) is 6.58 Å². The van der Waals surface area contributed by atoms with Gasteiger partial charge < -0.3 is 4.74 Å². The largest absolute Gasteiger partial charge is 0.490 e. The highest BCUT2D eigenvalue weighted by Gasteiger charge is 1.84. The van der Waals surface area contributed by atoms with Gasteiger partial charge in [0.05, 0.1) is 0 Å². The predicted molar refractivity (Wildman–Crippen MR) is 49.4 cm³/mol. The maximum atomic E-state index is 5.24. The summed E-state index contributed by atoms with van der Waals surface area (Å²) in [5, 5.41) is 0. The van der Waals surface area contributed by atoms with Crippen LogP contribution in [0.25, 0.3) is 0 Å². The van der Waals surface area contributed by atoms with Crippen LogP contribution in [0.1, 0.15) is 0 Å². The summed E-state index contributed by atoms with van der Waals surface area (Å²) < 4.78 is 5.24. The highest BCUT2D eigenvalue weighted by Crippen LogP contribution is 2.07. The molecule has 0 aliphatic carbocycles. The van der Waals surface area contributed by atoms with Crippen molar-refractivity contribution < 1.29 is 4.74 Å². The summed E-state index contributed by atoms with van der Waals surface area (Å²) in [6.45, 7) is 4.12. The molecule has 0 fully saturated rings. The van der Waals surface area contributed by atoms with Gasteiger partial charge in [0.2, 0.25) is 0 Å². The SMILES string of the molecule is C=CCOc1ccccc1.Cl. The van der Waals surface area contributed by atoms with Gasteiger partial charge in [-0.3, -0.25) is 0 Å². The van der Waals surface area contributed by atoms with Crippen LogP contribution in [0.2, 0.25) is 0 Å². The van der Waals surface area contributed by atoms with Crippen LogP contribution in [-0.4, -0.2) is 6.61 Å². The lowest BCUT2D eigenvalue weighted by Gasteiger charge is -1.99. The van der Waals surface area contributed by atoms with E-state index in [1.165, 1.54) is 0 Å². The number of hydrogen-bond donors (Lipinski definition) is 0. The van der Waals surface area contributed by atoms with Crippen LogP contribution in [-0.2, 0) is 0 Å². The summed E-state index contributed by atoms with van der Waals surface area (Å²) >= 11 is 0. The Morgan fingerprint density at radius 3 is 2.45 bits per heavy atom. The second kappa shape index (κ2) is 5.81. The van der Waals surface area contributed by atoms with Crippen LogP contribution in [0.3, 0.4) is 0 Å². The van der Waals surface area contributed by atoms with E-state index >= 15 is 0 Å². The molecule has 1 aromatic rings. The van der Waals surface area contributed by atoms with Crippen LogP contribution >= 0.6 is 12.4 Å². The molecule has 0 heterocycles. The average molecular weight is 171 g/mol. The van der Waals surface area contributed by atoms with Crippen molar-refractivity contribution in [3.8, 4) is 5.75 Å². The van der Waals surface area contributed by atoms with Gasteiger partial charge in [-0.2, -0.15) is 0 Å². The molecule has 0 radical (unpaired) electrons. The quantitative estimate of drug-likeness (QED) is 0.634. The minimum absolute atomic E-state index is 0. The number of hydrogen-bond acceptors (Lipinski definition) is 1. The molecule has 0 aliphatic rings. The second-order valence-corrected chi connectivity index (χ2v) is 1.91. The Morgan fingerprint density at radius 2 is 1.91 bits per heavy atom. The summed E-state index contributed by atoms with van der Waals surface area (Å²) in [5.41, 5.74) is 0. The lowest BCUT2D eigenvalue weighted by molar-refractivity contribution is 0.363. The number of ether oxygens (including phenoxy) is 1. The van der Waals surface area contributed by atoms with Crippen LogP contribution in [0, 0.1) is 0 Å². The van der Waals surface area contributed by atoms with E-state index in [0.717, 1.165) is 5.75 Å². The highest BCUT2D eigenvalue weighted by molar-refractivity contribution is 5.85. The molecule has 1 aromatic carbocycles. The van der Waals surface area contributed by atoms with Crippen molar-refractivity contribution in [2.45, 2.75) is 0 Å². The molecule has 0 N–H and O–H groups in total. The van der Waals surface area contributed by atoms with Gasteiger partial charge in [0.25, 0.3) is 0 Å². The van der Waals surface area contributed by atoms with E-state index in [1.54, 1.807) is 6.08 Å². The van der Waals surface area contributed by atoms with Gasteiger partial charge in [-0.05, 0) is 12.1 Å². The maximum absolute atomic E-state index is 5.24. The summed E-state index contributed by atoms with van der Waals surface area (Å²) in [7, 11) is 0. The highest BCUT2D eigenvalue weighted by atomic mass is 35.5. The van der Waals surface area contributed by atoms with Gasteiger partial charge in [0.1, 0.15) is 12.4 Å². The first-order valence-corrected chi connectivity index (χ1v) is 3.22. The molecule has 1 nitrogen and oxygen atoms in total. The third-order valence-corrected chi connectivity index (χ3v) is 1.11. The molecule has 0 amide bonds. The van der Waals surface area contributed by atoms with Crippen molar-refractivity contribution >= 4 is 12.4 Å². The standard InChI is InChI=1S/C9H10O.ClH/c1-2-8-10-9-6-4-3-5-7-9;/h2-7H,1,8H2;1H. The zero-order valence-electron chi connectivity index (χ0n) is 6.19. The first-order valence-electron chi connectivity index (χ1n) is 3.22. The van der Waals surface area contributed by atoms with E-state index in [-0.39, 0.29) is 12.4 Å². The molecule has 60 valence electrons. The van der Waals surface area contributed by atoms with E-state index in [9.17, 15) is 0 Å². The third-order valence-electron chi connectivity index (χ3n) is 1.11. The summed E-state index contributed by atoms with van der Waals surface area (Å²) in [6, 6.07) is 9.69. The molecule has 0 spiro atoms. The molecule has 0 aliphatic heterocycles. The molecule has 0 unspecified atom stereocenters. The number of halogens is 1. The van der Waals surface area contributed by atoms with Gasteiger partial charge in [0, 0.05) is 0 Å². The topological polar surface area (TPSA) is 9.23 Å². The van der Waals surface area contributed by atoms with Crippen molar-refractivity contribution in [3.05, 3.63) is 43.0 Å². The average Bonchev–Trinajstić information content (AvgIpc) is 2.03. The fourth-order valence-electron chi connectivity index (χ4n) is 0.672. The summed E-state index contributed by atoms with van der Waals surface area (Å²) in [5.74, 6) is 0.891. The van der Waals surface area contributed by atoms with Crippen LogP contribution in [0.5, 0.6) is 5.75 Å². The molecule has 1 rings (SSSR count). The van der Waals surface area contributed by atoms with Crippen molar-refractivity contribution in [2.24, 2.45) is 0 Å². The molecule has 2 heteroatoms. The fraction of sp³-hybridized carbons (Fsp3) is 0.111. The predicted octanol–water partition coefficient (Wildman–Crippen LogP) is 2.67. The lowest BCUT2D eigenvalue weighted by Crippen LogP contribution is -1.91. The first-order chi connectivity index (χ1) is 4.93. The Morgan fingerprint density at radius 1 is 1.27 bits per heavy atom. The Balaban J connectivity index is 0.000001000. The number of para-hydroxylation sites is 1. The number of benzene rings is 1. The normalized spacial score (nSPS) is 8.00. The van der Waals surface area contributed by atoms with Crippen molar-refractivity contribution in [2.75, 3.05) is 6.61 Å². The third kappa shape index (κ3) is 3.68. The Kier molecular flexibility index (Phi) is 5.30. The van der Waals surface area contributed by atoms with Gasteiger partial charge in [0.15, 0.2) is 0 Å². The molecule has 0 saturated carbocycles. The monoisotopic (exact) mass is 170 g/mol. The fourth-order valence-corrected chi connectivity index (χ4v) is 0.672. The molecule has 11 heavy (non-hydrogen) atoms. The summed E-state index contributed by atoms with van der Waals surface area (Å²) in [4.78, 5) is 0. The van der Waals surface area contributed by atoms with Gasteiger partial charge in [-0.25, -0.2) is 0 Å². The van der Waals surface area contributed by atoms with Gasteiger partial charge in [-0.15, -0.1) is 12.4 Å². The molecule has 0 aromatic heterocycles. The van der Waals surface area contributed by atoms with E-state index in [4.69, 9.17) is 4.74 Å². The van der Waals surface area contributed by atoms with Crippen molar-refractivity contribution in [1.82, 2.24) is 0 Å². The zero-order chi connectivity index (χ0) is 7.23. The van der Waals surface area contributed by atoms with Crippen molar-refractivity contribution in [1.29, 1.82) is 0 Å². The molecule has 0 saturated heterocycles. The zero-order valence-corrected chi connectivity index (χ0v) is 7.01. The van der Waals surface area contributed by atoms with Gasteiger partial charge in [-0.1, -0.05) is 30.9 Å². The number of rotatable bonds is 3. The van der Waals surface area contributed by atoms with Crippen molar-refractivity contribution in [3.63, 3.8) is 0 Å². The Hall–Kier alpha value is -0.950. The molecular formula is C9H11ClO.